The SMILES string of the molecule is CN(C)c1ccc(/C=C/C2=[N+](C)c3c(ccc4ccccc34)C2(C)C)cc1.[Cl-]. The number of hydrogen-bond acceptors (Lipinski definition) is 1. The van der Waals surface area contributed by atoms with E-state index >= 15 is 0 Å². The predicted octanol–water partition coefficient (Wildman–Crippen LogP) is 2.63. The lowest BCUT2D eigenvalue weighted by atomic mass is 9.80. The predicted molar refractivity (Wildman–Crippen MR) is 118 cm³/mol. The molecule has 0 bridgehead atoms. The minimum atomic E-state index is -0.0197. The van der Waals surface area contributed by atoms with E-state index in [4.69, 9.17) is 0 Å². The van der Waals surface area contributed by atoms with Gasteiger partial charge >= 0.3 is 0 Å². The molecule has 144 valence electrons. The summed E-state index contributed by atoms with van der Waals surface area (Å²) in [7, 11) is 6.32. The Morgan fingerprint density at radius 3 is 2.21 bits per heavy atom. The molecule has 0 aliphatic carbocycles. The van der Waals surface area contributed by atoms with Gasteiger partial charge in [0.2, 0.25) is 5.69 Å². The zero-order chi connectivity index (χ0) is 19.2. The number of fused-ring (bicyclic) bond motifs is 3. The maximum absolute atomic E-state index is 2.36. The highest BCUT2D eigenvalue weighted by atomic mass is 35.5. The van der Waals surface area contributed by atoms with E-state index in [9.17, 15) is 0 Å². The van der Waals surface area contributed by atoms with Crippen LogP contribution in [0.3, 0.4) is 0 Å². The van der Waals surface area contributed by atoms with E-state index in [1.165, 1.54) is 39.0 Å². The molecule has 0 saturated heterocycles. The van der Waals surface area contributed by atoms with Gasteiger partial charge < -0.3 is 17.3 Å². The lowest BCUT2D eigenvalue weighted by Crippen LogP contribution is -3.00. The Bertz CT molecular complexity index is 1070. The molecule has 0 radical (unpaired) electrons. The number of rotatable bonds is 3. The lowest BCUT2D eigenvalue weighted by molar-refractivity contribution is -0.399. The molecule has 0 N–H and O–H groups in total. The molecule has 4 rings (SSSR count). The van der Waals surface area contributed by atoms with Crippen LogP contribution in [0.15, 0.2) is 66.7 Å². The lowest BCUT2D eigenvalue weighted by Gasteiger charge is -2.15. The van der Waals surface area contributed by atoms with Gasteiger partial charge in [-0.2, -0.15) is 4.58 Å². The van der Waals surface area contributed by atoms with Gasteiger partial charge in [-0.1, -0.05) is 42.5 Å². The first-order chi connectivity index (χ1) is 12.9. The minimum Gasteiger partial charge on any atom is -1.00 e. The molecular formula is C25H27ClN2. The van der Waals surface area contributed by atoms with Crippen molar-refractivity contribution in [1.29, 1.82) is 0 Å². The molecule has 1 aliphatic heterocycles. The Morgan fingerprint density at radius 1 is 0.857 bits per heavy atom. The van der Waals surface area contributed by atoms with Crippen molar-refractivity contribution >= 4 is 33.9 Å². The van der Waals surface area contributed by atoms with Gasteiger partial charge in [0.15, 0.2) is 5.71 Å². The molecule has 0 amide bonds. The molecule has 3 aromatic carbocycles. The van der Waals surface area contributed by atoms with Crippen molar-refractivity contribution in [2.24, 2.45) is 0 Å². The van der Waals surface area contributed by atoms with E-state index in [-0.39, 0.29) is 17.8 Å². The van der Waals surface area contributed by atoms with Crippen molar-refractivity contribution in [3.8, 4) is 0 Å². The summed E-state index contributed by atoms with van der Waals surface area (Å²) in [5.74, 6) is 0. The standard InChI is InChI=1S/C25H27N2.ClH/c1-25(2)22-16-13-19-8-6-7-9-21(19)24(22)27(5)23(25)17-12-18-10-14-20(15-11-18)26(3)4;/h6-17H,1-5H3;1H/q+1;/p-1. The van der Waals surface area contributed by atoms with Crippen LogP contribution in [0.5, 0.6) is 0 Å². The summed E-state index contributed by atoms with van der Waals surface area (Å²) >= 11 is 0. The van der Waals surface area contributed by atoms with Crippen molar-refractivity contribution in [2.75, 3.05) is 26.0 Å². The second kappa shape index (κ2) is 7.44. The molecule has 1 heterocycles. The van der Waals surface area contributed by atoms with E-state index in [0.29, 0.717) is 0 Å². The summed E-state index contributed by atoms with van der Waals surface area (Å²) in [6, 6.07) is 21.9. The number of nitrogens with zero attached hydrogens (tertiary/aromatic N) is 2. The fourth-order valence-electron chi connectivity index (χ4n) is 4.18. The Hall–Kier alpha value is -2.58. The number of anilines is 1. The third kappa shape index (κ3) is 3.22. The summed E-state index contributed by atoms with van der Waals surface area (Å²) in [4.78, 5) is 2.12. The molecule has 0 saturated carbocycles. The normalized spacial score (nSPS) is 15.0. The summed E-state index contributed by atoms with van der Waals surface area (Å²) in [5.41, 5.74) is 6.47. The summed E-state index contributed by atoms with van der Waals surface area (Å²) in [5, 5.41) is 2.62. The number of benzene rings is 3. The molecule has 1 aliphatic rings. The van der Waals surface area contributed by atoms with E-state index in [1.807, 2.05) is 0 Å². The molecule has 0 aromatic heterocycles. The van der Waals surface area contributed by atoms with Crippen molar-refractivity contribution in [2.45, 2.75) is 19.3 Å². The Labute approximate surface area is 174 Å². The Morgan fingerprint density at radius 2 is 1.54 bits per heavy atom. The number of hydrogen-bond donors (Lipinski definition) is 0. The van der Waals surface area contributed by atoms with Crippen LogP contribution in [0, 0.1) is 0 Å². The zero-order valence-corrected chi connectivity index (χ0v) is 18.0. The largest absolute Gasteiger partial charge is 1.00 e. The number of halogens is 1. The smallest absolute Gasteiger partial charge is 0.217 e. The zero-order valence-electron chi connectivity index (χ0n) is 17.2. The molecule has 3 aromatic rings. The van der Waals surface area contributed by atoms with E-state index in [0.717, 1.165) is 0 Å². The van der Waals surface area contributed by atoms with Crippen molar-refractivity contribution in [1.82, 2.24) is 0 Å². The monoisotopic (exact) mass is 390 g/mol. The fraction of sp³-hybridized carbons (Fsp3) is 0.240. The van der Waals surface area contributed by atoms with Gasteiger partial charge in [0, 0.05) is 31.4 Å². The highest BCUT2D eigenvalue weighted by Crippen LogP contribution is 2.43. The maximum atomic E-state index is 2.36. The van der Waals surface area contributed by atoms with E-state index < -0.39 is 0 Å². The minimum absolute atomic E-state index is 0. The molecule has 28 heavy (non-hydrogen) atoms. The van der Waals surface area contributed by atoms with Crippen molar-refractivity contribution in [3.63, 3.8) is 0 Å². The highest BCUT2D eigenvalue weighted by molar-refractivity contribution is 6.08. The van der Waals surface area contributed by atoms with E-state index in [1.54, 1.807) is 0 Å². The van der Waals surface area contributed by atoms with Crippen LogP contribution in [0.1, 0.15) is 25.0 Å². The van der Waals surface area contributed by atoms with Crippen LogP contribution in [0.2, 0.25) is 0 Å². The highest BCUT2D eigenvalue weighted by Gasteiger charge is 2.43. The van der Waals surface area contributed by atoms with Gasteiger partial charge in [0.25, 0.3) is 0 Å². The molecule has 0 unspecified atom stereocenters. The van der Waals surface area contributed by atoms with E-state index in [2.05, 4.69) is 117 Å². The second-order valence-corrected chi connectivity index (χ2v) is 8.07. The first kappa shape index (κ1) is 20.2. The summed E-state index contributed by atoms with van der Waals surface area (Å²) in [6.45, 7) is 4.64. The molecule has 0 atom stereocenters. The van der Waals surface area contributed by atoms with Crippen molar-refractivity contribution in [3.05, 3.63) is 77.9 Å². The van der Waals surface area contributed by atoms with Crippen LogP contribution in [-0.4, -0.2) is 31.4 Å². The van der Waals surface area contributed by atoms with Gasteiger partial charge in [-0.25, -0.2) is 0 Å². The van der Waals surface area contributed by atoms with Gasteiger partial charge in [0.05, 0.1) is 10.8 Å². The molecule has 0 fully saturated rings. The summed E-state index contributed by atoms with van der Waals surface area (Å²) < 4.78 is 2.36. The molecule has 0 spiro atoms. The molecule has 3 heteroatoms. The van der Waals surface area contributed by atoms with Crippen LogP contribution >= 0.6 is 0 Å². The molecule has 2 nitrogen and oxygen atoms in total. The van der Waals surface area contributed by atoms with Gasteiger partial charge in [0.1, 0.15) is 7.05 Å². The number of allylic oxidation sites excluding steroid dienone is 1. The second-order valence-electron chi connectivity index (χ2n) is 8.07. The van der Waals surface area contributed by atoms with Crippen LogP contribution < -0.4 is 17.3 Å². The first-order valence-corrected chi connectivity index (χ1v) is 9.48. The average molecular weight is 391 g/mol. The Kier molecular flexibility index (Phi) is 5.36. The maximum Gasteiger partial charge on any atom is 0.217 e. The molecular weight excluding hydrogens is 364 g/mol. The fourth-order valence-corrected chi connectivity index (χ4v) is 4.18. The van der Waals surface area contributed by atoms with Crippen LogP contribution in [-0.2, 0) is 5.41 Å². The summed E-state index contributed by atoms with van der Waals surface area (Å²) in [6.07, 6.45) is 4.50. The quantitative estimate of drug-likeness (QED) is 0.623. The third-order valence-electron chi connectivity index (χ3n) is 5.75. The van der Waals surface area contributed by atoms with Crippen molar-refractivity contribution < 1.29 is 17.0 Å². The average Bonchev–Trinajstić information content (AvgIpc) is 2.86. The first-order valence-electron chi connectivity index (χ1n) is 9.48. The Balaban J connectivity index is 0.00000225. The van der Waals surface area contributed by atoms with Crippen LogP contribution in [0.25, 0.3) is 16.8 Å². The van der Waals surface area contributed by atoms with Gasteiger partial charge in [-0.05, 0) is 49.1 Å². The third-order valence-corrected chi connectivity index (χ3v) is 5.75. The van der Waals surface area contributed by atoms with Gasteiger partial charge in [-0.15, -0.1) is 0 Å². The van der Waals surface area contributed by atoms with Gasteiger partial charge in [-0.3, -0.25) is 0 Å². The topological polar surface area (TPSA) is 6.25 Å². The van der Waals surface area contributed by atoms with Crippen LogP contribution in [0.4, 0.5) is 11.4 Å².